The van der Waals surface area contributed by atoms with Gasteiger partial charge in [-0.15, -0.1) is 0 Å². The Morgan fingerprint density at radius 1 is 1.27 bits per heavy atom. The molecule has 0 aliphatic heterocycles. The summed E-state index contributed by atoms with van der Waals surface area (Å²) in [5.41, 5.74) is 0.754. The molecular weight excluding hydrogens is 358 g/mol. The lowest BCUT2D eigenvalue weighted by molar-refractivity contribution is 0.0993. The zero-order valence-electron chi connectivity index (χ0n) is 15.6. The molecule has 0 spiro atoms. The molecule has 1 saturated carbocycles. The van der Waals surface area contributed by atoms with Crippen LogP contribution in [0.4, 0.5) is 0 Å². The van der Waals surface area contributed by atoms with Crippen molar-refractivity contribution < 1.29 is 27.0 Å². The number of β-amino-alcohol motifs (C(OH)–C–C–N with tert-alkyl or cyclic N) is 1. The van der Waals surface area contributed by atoms with Crippen molar-refractivity contribution in [3.63, 3.8) is 0 Å². The summed E-state index contributed by atoms with van der Waals surface area (Å²) in [6.07, 6.45) is 3.51. The number of rotatable bonds is 8. The average Bonchev–Trinajstić information content (AvgIpc) is 3.03. The van der Waals surface area contributed by atoms with Crippen LogP contribution in [0.15, 0.2) is 18.2 Å². The van der Waals surface area contributed by atoms with Crippen LogP contribution in [0.3, 0.4) is 0 Å². The van der Waals surface area contributed by atoms with E-state index in [2.05, 4.69) is 9.50 Å². The smallest absolute Gasteiger partial charge is 0.446 e. The van der Waals surface area contributed by atoms with Crippen molar-refractivity contribution in [2.24, 2.45) is 0 Å². The van der Waals surface area contributed by atoms with E-state index in [1.165, 1.54) is 6.07 Å². The minimum absolute atomic E-state index is 0.0525. The van der Waals surface area contributed by atoms with E-state index in [1.54, 1.807) is 12.1 Å². The lowest BCUT2D eigenvalue weighted by Gasteiger charge is -2.23. The summed E-state index contributed by atoms with van der Waals surface area (Å²) in [7, 11) is -4.57. The van der Waals surface area contributed by atoms with Gasteiger partial charge in [0, 0.05) is 17.6 Å². The molecule has 0 amide bonds. The van der Waals surface area contributed by atoms with Crippen LogP contribution in [0.2, 0.25) is 0 Å². The van der Waals surface area contributed by atoms with E-state index in [9.17, 15) is 13.5 Å². The van der Waals surface area contributed by atoms with Crippen LogP contribution in [0, 0.1) is 0 Å². The van der Waals surface area contributed by atoms with Crippen molar-refractivity contribution in [2.75, 3.05) is 13.2 Å². The number of aliphatic hydroxyl groups is 1. The standard InChI is InChI=1S/C18H29NO6S/c1-18(2,3)19-11-14(20)12-24-17-9-8-15(25-26(21,22)23)10-16(17)13-6-4-5-7-13/h8-10,13-14,19-20H,4-7,11-12H2,1-3H3,(H,21,22,23)/t14-/m1/s1. The maximum atomic E-state index is 10.9. The van der Waals surface area contributed by atoms with Gasteiger partial charge in [-0.2, -0.15) is 8.42 Å². The van der Waals surface area contributed by atoms with E-state index in [4.69, 9.17) is 9.29 Å². The van der Waals surface area contributed by atoms with Gasteiger partial charge in [0.25, 0.3) is 0 Å². The van der Waals surface area contributed by atoms with E-state index in [0.29, 0.717) is 12.3 Å². The first-order valence-electron chi connectivity index (χ1n) is 8.90. The Morgan fingerprint density at radius 2 is 1.92 bits per heavy atom. The summed E-state index contributed by atoms with van der Waals surface area (Å²) in [5.74, 6) is 0.908. The van der Waals surface area contributed by atoms with Crippen molar-refractivity contribution in [2.45, 2.75) is 64.0 Å². The van der Waals surface area contributed by atoms with Crippen LogP contribution in [0.1, 0.15) is 57.9 Å². The molecular formula is C18H29NO6S. The van der Waals surface area contributed by atoms with Gasteiger partial charge >= 0.3 is 10.4 Å². The summed E-state index contributed by atoms with van der Waals surface area (Å²) in [5, 5.41) is 13.3. The number of ether oxygens (including phenoxy) is 1. The molecule has 0 aromatic heterocycles. The van der Waals surface area contributed by atoms with Gasteiger partial charge in [-0.3, -0.25) is 4.55 Å². The highest BCUT2D eigenvalue weighted by Crippen LogP contribution is 2.40. The molecule has 8 heteroatoms. The quantitative estimate of drug-likeness (QED) is 0.589. The van der Waals surface area contributed by atoms with Gasteiger partial charge in [-0.1, -0.05) is 12.8 Å². The minimum atomic E-state index is -4.57. The third-order valence-electron chi connectivity index (χ3n) is 4.28. The number of nitrogens with one attached hydrogen (secondary N) is 1. The maximum Gasteiger partial charge on any atom is 0.446 e. The lowest BCUT2D eigenvalue weighted by atomic mass is 9.96. The summed E-state index contributed by atoms with van der Waals surface area (Å²) < 4.78 is 41.1. The monoisotopic (exact) mass is 387 g/mol. The first-order chi connectivity index (χ1) is 12.0. The Morgan fingerprint density at radius 3 is 2.50 bits per heavy atom. The van der Waals surface area contributed by atoms with E-state index in [-0.39, 0.29) is 23.8 Å². The van der Waals surface area contributed by atoms with Crippen LogP contribution in [-0.2, 0) is 10.4 Å². The SMILES string of the molecule is CC(C)(C)NC[C@@H](O)COc1ccc(OS(=O)(=O)O)cc1C1CCCC1. The molecule has 0 radical (unpaired) electrons. The highest BCUT2D eigenvalue weighted by molar-refractivity contribution is 7.81. The van der Waals surface area contributed by atoms with Crippen LogP contribution < -0.4 is 14.2 Å². The van der Waals surface area contributed by atoms with Crippen molar-refractivity contribution in [3.8, 4) is 11.5 Å². The number of hydrogen-bond donors (Lipinski definition) is 3. The summed E-state index contributed by atoms with van der Waals surface area (Å²) >= 11 is 0. The zero-order valence-corrected chi connectivity index (χ0v) is 16.4. The molecule has 1 atom stereocenters. The average molecular weight is 387 g/mol. The van der Waals surface area contributed by atoms with Gasteiger partial charge in [-0.25, -0.2) is 0 Å². The molecule has 1 aromatic carbocycles. The largest absolute Gasteiger partial charge is 0.491 e. The van der Waals surface area contributed by atoms with Crippen LogP contribution >= 0.6 is 0 Å². The highest BCUT2D eigenvalue weighted by atomic mass is 32.3. The molecule has 0 unspecified atom stereocenters. The van der Waals surface area contributed by atoms with E-state index >= 15 is 0 Å². The van der Waals surface area contributed by atoms with Gasteiger partial charge < -0.3 is 19.3 Å². The van der Waals surface area contributed by atoms with Crippen molar-refractivity contribution >= 4 is 10.4 Å². The molecule has 0 heterocycles. The Balaban J connectivity index is 2.08. The number of hydrogen-bond acceptors (Lipinski definition) is 6. The fourth-order valence-electron chi connectivity index (χ4n) is 3.06. The molecule has 1 aromatic rings. The molecule has 1 aliphatic rings. The molecule has 3 N–H and O–H groups in total. The number of aliphatic hydroxyl groups excluding tert-OH is 1. The predicted octanol–water partition coefficient (Wildman–Crippen LogP) is 2.65. The maximum absolute atomic E-state index is 10.9. The van der Waals surface area contributed by atoms with Gasteiger partial charge in [-0.05, 0) is 57.7 Å². The summed E-state index contributed by atoms with van der Waals surface area (Å²) in [6.45, 7) is 6.60. The number of benzene rings is 1. The van der Waals surface area contributed by atoms with Crippen molar-refractivity contribution in [1.82, 2.24) is 5.32 Å². The van der Waals surface area contributed by atoms with Crippen LogP contribution in [0.25, 0.3) is 0 Å². The fraction of sp³-hybridized carbons (Fsp3) is 0.667. The molecule has 0 bridgehead atoms. The van der Waals surface area contributed by atoms with Gasteiger partial charge in [0.05, 0.1) is 0 Å². The second-order valence-corrected chi connectivity index (χ2v) is 8.81. The molecule has 26 heavy (non-hydrogen) atoms. The van der Waals surface area contributed by atoms with Crippen molar-refractivity contribution in [1.29, 1.82) is 0 Å². The van der Waals surface area contributed by atoms with Crippen LogP contribution in [-0.4, -0.2) is 42.9 Å². The third-order valence-corrected chi connectivity index (χ3v) is 4.68. The summed E-state index contributed by atoms with van der Waals surface area (Å²) in [6, 6.07) is 4.65. The van der Waals surface area contributed by atoms with Gasteiger partial charge in [0.15, 0.2) is 0 Å². The Kier molecular flexibility index (Phi) is 6.90. The lowest BCUT2D eigenvalue weighted by Crippen LogP contribution is -2.42. The van der Waals surface area contributed by atoms with Gasteiger partial charge in [0.1, 0.15) is 24.2 Å². The topological polar surface area (TPSA) is 105 Å². The second kappa shape index (κ2) is 8.56. The second-order valence-electron chi connectivity index (χ2n) is 7.79. The Bertz CT molecular complexity index is 692. The highest BCUT2D eigenvalue weighted by Gasteiger charge is 2.23. The molecule has 148 valence electrons. The van der Waals surface area contributed by atoms with E-state index < -0.39 is 16.5 Å². The first-order valence-corrected chi connectivity index (χ1v) is 10.3. The first kappa shape index (κ1) is 21.0. The predicted molar refractivity (Wildman–Crippen MR) is 99.1 cm³/mol. The van der Waals surface area contributed by atoms with Crippen LogP contribution in [0.5, 0.6) is 11.5 Å². The van der Waals surface area contributed by atoms with E-state index in [0.717, 1.165) is 31.2 Å². The molecule has 0 saturated heterocycles. The van der Waals surface area contributed by atoms with Crippen molar-refractivity contribution in [3.05, 3.63) is 23.8 Å². The summed E-state index contributed by atoms with van der Waals surface area (Å²) in [4.78, 5) is 0. The Labute approximate surface area is 155 Å². The minimum Gasteiger partial charge on any atom is -0.491 e. The molecule has 1 fully saturated rings. The fourth-order valence-corrected chi connectivity index (χ4v) is 3.40. The third kappa shape index (κ3) is 7.11. The molecule has 7 nitrogen and oxygen atoms in total. The Hall–Kier alpha value is -1.35. The van der Waals surface area contributed by atoms with E-state index in [1.807, 2.05) is 20.8 Å². The molecule has 1 aliphatic carbocycles. The molecule has 2 rings (SSSR count). The van der Waals surface area contributed by atoms with Gasteiger partial charge in [0.2, 0.25) is 0 Å². The zero-order chi connectivity index (χ0) is 19.4. The normalized spacial score (nSPS) is 17.3.